The van der Waals surface area contributed by atoms with Crippen molar-refractivity contribution in [1.82, 2.24) is 5.32 Å². The Balaban J connectivity index is 1.97. The predicted molar refractivity (Wildman–Crippen MR) is 62.8 cm³/mol. The first-order valence-corrected chi connectivity index (χ1v) is 5.38. The molecule has 1 N–H and O–H groups in total. The Morgan fingerprint density at radius 2 is 2.19 bits per heavy atom. The van der Waals surface area contributed by atoms with E-state index in [1.54, 1.807) is 0 Å². The van der Waals surface area contributed by atoms with E-state index in [1.807, 2.05) is 30.3 Å². The first-order valence-electron chi connectivity index (χ1n) is 5.38. The highest BCUT2D eigenvalue weighted by molar-refractivity contribution is 5.51. The third kappa shape index (κ3) is 2.93. The molecule has 1 aliphatic heterocycles. The molecule has 82 valence electrons. The van der Waals surface area contributed by atoms with Crippen molar-refractivity contribution in [2.75, 3.05) is 19.8 Å². The van der Waals surface area contributed by atoms with Crippen LogP contribution in [-0.4, -0.2) is 25.8 Å². The zero-order valence-corrected chi connectivity index (χ0v) is 9.02. The molecule has 3 heteroatoms. The number of rotatable bonds is 2. The molecule has 1 aromatic rings. The van der Waals surface area contributed by atoms with Gasteiger partial charge in [-0.1, -0.05) is 24.3 Å². The van der Waals surface area contributed by atoms with Gasteiger partial charge in [-0.05, 0) is 17.7 Å². The predicted octanol–water partition coefficient (Wildman–Crippen LogP) is 1.56. The minimum Gasteiger partial charge on any atom is -0.378 e. The summed E-state index contributed by atoms with van der Waals surface area (Å²) in [4.78, 5) is 0. The van der Waals surface area contributed by atoms with Crippen LogP contribution in [0.5, 0.6) is 0 Å². The second-order valence-electron chi connectivity index (χ2n) is 3.73. The summed E-state index contributed by atoms with van der Waals surface area (Å²) in [6.07, 6.45) is 4.15. The van der Waals surface area contributed by atoms with Gasteiger partial charge in [-0.15, -0.1) is 0 Å². The fourth-order valence-corrected chi connectivity index (χ4v) is 1.61. The van der Waals surface area contributed by atoms with Crippen LogP contribution in [0.25, 0.3) is 6.08 Å². The molecular formula is C13H14N2O. The minimum absolute atomic E-state index is 0.296. The Labute approximate surface area is 95.3 Å². The zero-order valence-electron chi connectivity index (χ0n) is 9.02. The van der Waals surface area contributed by atoms with E-state index < -0.39 is 0 Å². The van der Waals surface area contributed by atoms with Gasteiger partial charge in [0, 0.05) is 12.6 Å². The Morgan fingerprint density at radius 1 is 1.38 bits per heavy atom. The summed E-state index contributed by atoms with van der Waals surface area (Å²) in [5, 5.41) is 12.0. The van der Waals surface area contributed by atoms with Gasteiger partial charge < -0.3 is 10.1 Å². The van der Waals surface area contributed by atoms with Crippen LogP contribution in [0.4, 0.5) is 0 Å². The average molecular weight is 214 g/mol. The van der Waals surface area contributed by atoms with E-state index in [0.29, 0.717) is 11.6 Å². The number of nitrogens with one attached hydrogen (secondary N) is 1. The summed E-state index contributed by atoms with van der Waals surface area (Å²) in [6.45, 7) is 2.43. The largest absolute Gasteiger partial charge is 0.378 e. The third-order valence-corrected chi connectivity index (χ3v) is 2.51. The van der Waals surface area contributed by atoms with Crippen molar-refractivity contribution in [3.8, 4) is 6.07 Å². The second kappa shape index (κ2) is 5.45. The van der Waals surface area contributed by atoms with Gasteiger partial charge in [0.05, 0.1) is 24.8 Å². The Kier molecular flexibility index (Phi) is 3.71. The Bertz CT molecular complexity index is 397. The van der Waals surface area contributed by atoms with E-state index in [-0.39, 0.29) is 0 Å². The molecule has 0 radical (unpaired) electrons. The molecule has 16 heavy (non-hydrogen) atoms. The lowest BCUT2D eigenvalue weighted by atomic mass is 10.1. The van der Waals surface area contributed by atoms with Crippen molar-refractivity contribution >= 4 is 6.08 Å². The number of hydrogen-bond donors (Lipinski definition) is 1. The van der Waals surface area contributed by atoms with Gasteiger partial charge in [0.2, 0.25) is 0 Å². The van der Waals surface area contributed by atoms with Gasteiger partial charge in [-0.25, -0.2) is 0 Å². The third-order valence-electron chi connectivity index (χ3n) is 2.51. The average Bonchev–Trinajstić information content (AvgIpc) is 2.38. The summed E-state index contributed by atoms with van der Waals surface area (Å²) < 4.78 is 5.35. The van der Waals surface area contributed by atoms with Gasteiger partial charge in [-0.2, -0.15) is 5.26 Å². The van der Waals surface area contributed by atoms with E-state index >= 15 is 0 Å². The molecule has 1 aliphatic rings. The molecule has 1 fully saturated rings. The smallest absolute Gasteiger partial charge is 0.0991 e. The normalized spacial score (nSPS) is 20.8. The van der Waals surface area contributed by atoms with Crippen molar-refractivity contribution in [2.24, 2.45) is 0 Å². The molecule has 0 bridgehead atoms. The number of nitriles is 1. The van der Waals surface area contributed by atoms with Gasteiger partial charge in [-0.3, -0.25) is 0 Å². The first kappa shape index (κ1) is 10.9. The number of morpholine rings is 1. The van der Waals surface area contributed by atoms with Crippen LogP contribution in [0.1, 0.15) is 11.1 Å². The molecule has 0 saturated carbocycles. The lowest BCUT2D eigenvalue weighted by molar-refractivity contribution is 0.0903. The SMILES string of the molecule is N#Cc1ccc(/C=C/C2COCCN2)cc1. The molecule has 3 nitrogen and oxygen atoms in total. The molecule has 0 aliphatic carbocycles. The van der Waals surface area contributed by atoms with Gasteiger partial charge in [0.15, 0.2) is 0 Å². The lowest BCUT2D eigenvalue weighted by Gasteiger charge is -2.20. The van der Waals surface area contributed by atoms with Gasteiger partial charge in [0.25, 0.3) is 0 Å². The van der Waals surface area contributed by atoms with E-state index in [4.69, 9.17) is 10.00 Å². The Morgan fingerprint density at radius 3 is 2.81 bits per heavy atom. The fourth-order valence-electron chi connectivity index (χ4n) is 1.61. The van der Waals surface area contributed by atoms with E-state index in [9.17, 15) is 0 Å². The maximum absolute atomic E-state index is 8.67. The number of ether oxygens (including phenoxy) is 1. The van der Waals surface area contributed by atoms with Crippen molar-refractivity contribution in [2.45, 2.75) is 6.04 Å². The second-order valence-corrected chi connectivity index (χ2v) is 3.73. The molecule has 0 spiro atoms. The summed E-state index contributed by atoms with van der Waals surface area (Å²) >= 11 is 0. The summed E-state index contributed by atoms with van der Waals surface area (Å²) in [7, 11) is 0. The molecule has 1 aromatic carbocycles. The fraction of sp³-hybridized carbons (Fsp3) is 0.308. The lowest BCUT2D eigenvalue weighted by Crippen LogP contribution is -2.39. The summed E-state index contributed by atoms with van der Waals surface area (Å²) in [5.74, 6) is 0. The zero-order chi connectivity index (χ0) is 11.2. The van der Waals surface area contributed by atoms with Crippen LogP contribution in [0.3, 0.4) is 0 Å². The van der Waals surface area contributed by atoms with E-state index in [1.165, 1.54) is 0 Å². The first-order chi connectivity index (χ1) is 7.88. The maximum atomic E-state index is 8.67. The van der Waals surface area contributed by atoms with Crippen LogP contribution in [0.2, 0.25) is 0 Å². The van der Waals surface area contributed by atoms with Crippen LogP contribution >= 0.6 is 0 Å². The minimum atomic E-state index is 0.296. The Hall–Kier alpha value is -1.63. The summed E-state index contributed by atoms with van der Waals surface area (Å²) in [5.41, 5.74) is 1.79. The van der Waals surface area contributed by atoms with E-state index in [2.05, 4.69) is 17.5 Å². The van der Waals surface area contributed by atoms with Crippen LogP contribution < -0.4 is 5.32 Å². The van der Waals surface area contributed by atoms with Crippen LogP contribution in [0.15, 0.2) is 30.3 Å². The molecule has 0 amide bonds. The van der Waals surface area contributed by atoms with E-state index in [0.717, 1.165) is 25.3 Å². The molecule has 1 saturated heterocycles. The maximum Gasteiger partial charge on any atom is 0.0991 e. The molecule has 1 atom stereocenters. The van der Waals surface area contributed by atoms with Crippen molar-refractivity contribution < 1.29 is 4.74 Å². The van der Waals surface area contributed by atoms with Crippen molar-refractivity contribution in [3.63, 3.8) is 0 Å². The molecule has 1 unspecified atom stereocenters. The van der Waals surface area contributed by atoms with Gasteiger partial charge in [0.1, 0.15) is 0 Å². The quantitative estimate of drug-likeness (QED) is 0.812. The van der Waals surface area contributed by atoms with Crippen LogP contribution in [-0.2, 0) is 4.74 Å². The topological polar surface area (TPSA) is 45.0 Å². The highest BCUT2D eigenvalue weighted by atomic mass is 16.5. The number of nitrogens with zero attached hydrogens (tertiary/aromatic N) is 1. The molecular weight excluding hydrogens is 200 g/mol. The summed E-state index contributed by atoms with van der Waals surface area (Å²) in [6, 6.07) is 9.93. The monoisotopic (exact) mass is 214 g/mol. The van der Waals surface area contributed by atoms with Gasteiger partial charge >= 0.3 is 0 Å². The standard InChI is InChI=1S/C13H14N2O/c14-9-12-3-1-11(2-4-12)5-6-13-10-16-8-7-15-13/h1-6,13,15H,7-8,10H2/b6-5+. The molecule has 2 rings (SSSR count). The number of benzene rings is 1. The number of hydrogen-bond acceptors (Lipinski definition) is 3. The molecule has 0 aromatic heterocycles. The van der Waals surface area contributed by atoms with Crippen molar-refractivity contribution in [1.29, 1.82) is 5.26 Å². The highest BCUT2D eigenvalue weighted by Gasteiger charge is 2.08. The van der Waals surface area contributed by atoms with Crippen molar-refractivity contribution in [3.05, 3.63) is 41.5 Å². The highest BCUT2D eigenvalue weighted by Crippen LogP contribution is 2.06. The van der Waals surface area contributed by atoms with Crippen LogP contribution in [0, 0.1) is 11.3 Å². The molecule has 1 heterocycles.